The highest BCUT2D eigenvalue weighted by atomic mass is 16.2. The van der Waals surface area contributed by atoms with E-state index in [0.717, 1.165) is 26.1 Å². The summed E-state index contributed by atoms with van der Waals surface area (Å²) >= 11 is 0. The molecule has 0 saturated carbocycles. The minimum Gasteiger partial charge on any atom is -0.325 e. The Morgan fingerprint density at radius 2 is 2.43 bits per heavy atom. The van der Waals surface area contributed by atoms with Crippen molar-refractivity contribution >= 4 is 6.03 Å². The maximum Gasteiger partial charge on any atom is 0.318 e. The molecular weight excluding hydrogens is 180 g/mol. The van der Waals surface area contributed by atoms with Crippen LogP contribution in [0.25, 0.3) is 0 Å². The molecular formula is C9H18N4O. The molecule has 2 aliphatic heterocycles. The molecule has 0 aromatic carbocycles. The van der Waals surface area contributed by atoms with Crippen molar-refractivity contribution in [3.8, 4) is 0 Å². The van der Waals surface area contributed by atoms with Crippen LogP contribution in [0.4, 0.5) is 4.79 Å². The second-order valence-corrected chi connectivity index (χ2v) is 3.98. The molecule has 5 nitrogen and oxygen atoms in total. The number of urea groups is 1. The van der Waals surface area contributed by atoms with E-state index in [-0.39, 0.29) is 6.03 Å². The summed E-state index contributed by atoms with van der Waals surface area (Å²) in [6, 6.07) is 0.488. The van der Waals surface area contributed by atoms with Gasteiger partial charge in [0, 0.05) is 25.7 Å². The van der Waals surface area contributed by atoms with Gasteiger partial charge in [0.1, 0.15) is 0 Å². The molecule has 2 aliphatic rings. The zero-order valence-electron chi connectivity index (χ0n) is 8.55. The molecule has 2 amide bonds. The van der Waals surface area contributed by atoms with E-state index in [4.69, 9.17) is 0 Å². The van der Waals surface area contributed by atoms with Gasteiger partial charge >= 0.3 is 6.03 Å². The zero-order chi connectivity index (χ0) is 9.97. The first-order valence-corrected chi connectivity index (χ1v) is 5.22. The first-order chi connectivity index (χ1) is 6.83. The Balaban J connectivity index is 1.88. The normalized spacial score (nSPS) is 30.5. The average Bonchev–Trinajstić information content (AvgIpc) is 2.74. The Morgan fingerprint density at radius 3 is 3.21 bits per heavy atom. The van der Waals surface area contributed by atoms with E-state index in [1.807, 2.05) is 11.9 Å². The summed E-state index contributed by atoms with van der Waals surface area (Å²) in [5, 5.41) is 9.07. The summed E-state index contributed by atoms with van der Waals surface area (Å²) in [5.74, 6) is 0.676. The number of nitrogens with zero attached hydrogens (tertiary/aromatic N) is 1. The first-order valence-electron chi connectivity index (χ1n) is 5.22. The van der Waals surface area contributed by atoms with Crippen molar-refractivity contribution in [1.29, 1.82) is 0 Å². The minimum absolute atomic E-state index is 0.0653. The number of carbonyl (C=O) groups excluding carboxylic acids is 1. The largest absolute Gasteiger partial charge is 0.325 e. The maximum atomic E-state index is 11.7. The van der Waals surface area contributed by atoms with Gasteiger partial charge in [0.05, 0.1) is 6.67 Å². The molecule has 2 fully saturated rings. The molecule has 2 unspecified atom stereocenters. The van der Waals surface area contributed by atoms with E-state index >= 15 is 0 Å². The fourth-order valence-electron chi connectivity index (χ4n) is 2.37. The molecule has 2 atom stereocenters. The third-order valence-corrected chi connectivity index (χ3v) is 3.12. The molecule has 2 heterocycles. The molecule has 2 rings (SSSR count). The number of nitrogens with one attached hydrogen (secondary N) is 3. The molecule has 0 radical (unpaired) electrons. The van der Waals surface area contributed by atoms with E-state index in [0.29, 0.717) is 18.6 Å². The molecule has 0 aromatic rings. The van der Waals surface area contributed by atoms with Crippen molar-refractivity contribution < 1.29 is 4.79 Å². The van der Waals surface area contributed by atoms with Gasteiger partial charge in [-0.25, -0.2) is 4.79 Å². The lowest BCUT2D eigenvalue weighted by atomic mass is 10.1. The molecule has 5 heteroatoms. The number of carbonyl (C=O) groups is 1. The average molecular weight is 198 g/mol. The Labute approximate surface area is 84.2 Å². The van der Waals surface area contributed by atoms with Crippen LogP contribution >= 0.6 is 0 Å². The standard InChI is InChI=1S/C9H18N4O/c1-10-6-12-9(14)13-3-2-7-4-11-5-8(7)13/h7-8,10-11H,2-6H2,1H3,(H,12,14). The number of rotatable bonds is 2. The Hall–Kier alpha value is -0.810. The van der Waals surface area contributed by atoms with Crippen LogP contribution in [0, 0.1) is 5.92 Å². The van der Waals surface area contributed by atoms with Gasteiger partial charge in [0.25, 0.3) is 0 Å². The molecule has 0 aliphatic carbocycles. The van der Waals surface area contributed by atoms with Crippen LogP contribution in [0.2, 0.25) is 0 Å². The number of likely N-dealkylation sites (tertiary alicyclic amines) is 1. The van der Waals surface area contributed by atoms with Crippen molar-refractivity contribution in [2.24, 2.45) is 5.92 Å². The number of amides is 2. The summed E-state index contributed by atoms with van der Waals surface area (Å²) in [6.07, 6.45) is 1.14. The molecule has 14 heavy (non-hydrogen) atoms. The highest BCUT2D eigenvalue weighted by Gasteiger charge is 2.39. The lowest BCUT2D eigenvalue weighted by Crippen LogP contribution is -2.47. The smallest absolute Gasteiger partial charge is 0.318 e. The van der Waals surface area contributed by atoms with E-state index in [1.54, 1.807) is 0 Å². The lowest BCUT2D eigenvalue weighted by molar-refractivity contribution is 0.192. The predicted octanol–water partition coefficient (Wildman–Crippen LogP) is -0.833. The van der Waals surface area contributed by atoms with Crippen molar-refractivity contribution in [1.82, 2.24) is 20.9 Å². The Morgan fingerprint density at radius 1 is 1.57 bits per heavy atom. The number of fused-ring (bicyclic) bond motifs is 1. The van der Waals surface area contributed by atoms with Crippen molar-refractivity contribution in [2.75, 3.05) is 33.4 Å². The fraction of sp³-hybridized carbons (Fsp3) is 0.889. The molecule has 80 valence electrons. The van der Waals surface area contributed by atoms with Crippen LogP contribution in [0.1, 0.15) is 6.42 Å². The van der Waals surface area contributed by atoms with Crippen LogP contribution in [0.5, 0.6) is 0 Å². The predicted molar refractivity (Wildman–Crippen MR) is 53.9 cm³/mol. The van der Waals surface area contributed by atoms with Gasteiger partial charge in [-0.05, 0) is 19.4 Å². The van der Waals surface area contributed by atoms with Gasteiger partial charge in [-0.15, -0.1) is 0 Å². The first kappa shape index (κ1) is 9.73. The summed E-state index contributed by atoms with van der Waals surface area (Å²) in [5.41, 5.74) is 0. The van der Waals surface area contributed by atoms with Gasteiger partial charge < -0.3 is 20.9 Å². The number of hydrogen-bond acceptors (Lipinski definition) is 3. The summed E-state index contributed by atoms with van der Waals surface area (Å²) in [7, 11) is 1.82. The Bertz CT molecular complexity index is 221. The monoisotopic (exact) mass is 198 g/mol. The van der Waals surface area contributed by atoms with Crippen LogP contribution < -0.4 is 16.0 Å². The van der Waals surface area contributed by atoms with E-state index in [9.17, 15) is 4.79 Å². The van der Waals surface area contributed by atoms with Crippen LogP contribution in [-0.2, 0) is 0 Å². The highest BCUT2D eigenvalue weighted by Crippen LogP contribution is 2.26. The summed E-state index contributed by atoms with van der Waals surface area (Å²) in [6.45, 7) is 3.48. The molecule has 3 N–H and O–H groups in total. The maximum absolute atomic E-state index is 11.7. The minimum atomic E-state index is 0.0653. The van der Waals surface area contributed by atoms with Gasteiger partial charge in [0.2, 0.25) is 0 Å². The van der Waals surface area contributed by atoms with Crippen molar-refractivity contribution in [3.63, 3.8) is 0 Å². The van der Waals surface area contributed by atoms with Crippen LogP contribution in [-0.4, -0.2) is 50.3 Å². The molecule has 0 aromatic heterocycles. The van der Waals surface area contributed by atoms with E-state index in [2.05, 4.69) is 16.0 Å². The SMILES string of the molecule is CNCNC(=O)N1CCC2CNCC21. The Kier molecular flexibility index (Phi) is 2.88. The number of hydrogen-bond donors (Lipinski definition) is 3. The van der Waals surface area contributed by atoms with Crippen molar-refractivity contribution in [2.45, 2.75) is 12.5 Å². The quantitative estimate of drug-likeness (QED) is 0.507. The van der Waals surface area contributed by atoms with Gasteiger partial charge in [-0.1, -0.05) is 0 Å². The molecule has 2 saturated heterocycles. The van der Waals surface area contributed by atoms with E-state index in [1.165, 1.54) is 0 Å². The van der Waals surface area contributed by atoms with Gasteiger partial charge in [-0.3, -0.25) is 0 Å². The lowest BCUT2D eigenvalue weighted by Gasteiger charge is -2.23. The molecule has 0 bridgehead atoms. The van der Waals surface area contributed by atoms with Crippen LogP contribution in [0.3, 0.4) is 0 Å². The second kappa shape index (κ2) is 4.14. The third kappa shape index (κ3) is 1.69. The topological polar surface area (TPSA) is 56.4 Å². The van der Waals surface area contributed by atoms with Gasteiger partial charge in [0.15, 0.2) is 0 Å². The fourth-order valence-corrected chi connectivity index (χ4v) is 2.37. The summed E-state index contributed by atoms with van der Waals surface area (Å²) in [4.78, 5) is 13.7. The summed E-state index contributed by atoms with van der Waals surface area (Å²) < 4.78 is 0. The highest BCUT2D eigenvalue weighted by molar-refractivity contribution is 5.75. The zero-order valence-corrected chi connectivity index (χ0v) is 8.55. The second-order valence-electron chi connectivity index (χ2n) is 3.98. The van der Waals surface area contributed by atoms with Crippen LogP contribution in [0.15, 0.2) is 0 Å². The third-order valence-electron chi connectivity index (χ3n) is 3.12. The molecule has 0 spiro atoms. The van der Waals surface area contributed by atoms with Crippen molar-refractivity contribution in [3.05, 3.63) is 0 Å². The van der Waals surface area contributed by atoms with E-state index < -0.39 is 0 Å². The van der Waals surface area contributed by atoms with Gasteiger partial charge in [-0.2, -0.15) is 0 Å².